The number of fused-ring (bicyclic) bond motifs is 2. The summed E-state index contributed by atoms with van der Waals surface area (Å²) >= 11 is 0. The van der Waals surface area contributed by atoms with Gasteiger partial charge in [-0.1, -0.05) is 24.3 Å². The van der Waals surface area contributed by atoms with E-state index in [1.54, 1.807) is 6.07 Å². The van der Waals surface area contributed by atoms with Gasteiger partial charge in [0.2, 0.25) is 5.75 Å². The van der Waals surface area contributed by atoms with Gasteiger partial charge in [0, 0.05) is 18.7 Å². The van der Waals surface area contributed by atoms with Crippen molar-refractivity contribution in [1.29, 1.82) is 0 Å². The molecule has 8 heteroatoms. The monoisotopic (exact) mass is 486 g/mol. The number of benzene rings is 3. The molecule has 184 valence electrons. The first-order valence-electron chi connectivity index (χ1n) is 11.5. The van der Waals surface area contributed by atoms with Gasteiger partial charge in [-0.3, -0.25) is 4.79 Å². The van der Waals surface area contributed by atoms with Crippen LogP contribution in [0.15, 0.2) is 76.2 Å². The van der Waals surface area contributed by atoms with Crippen LogP contribution in [0.1, 0.15) is 6.42 Å². The molecule has 0 fully saturated rings. The van der Waals surface area contributed by atoms with Crippen LogP contribution in [0.25, 0.3) is 33.3 Å². The van der Waals surface area contributed by atoms with Crippen LogP contribution in [0.5, 0.6) is 23.0 Å². The summed E-state index contributed by atoms with van der Waals surface area (Å²) in [6.45, 7) is 1.26. The van der Waals surface area contributed by atoms with Crippen LogP contribution < -0.4 is 24.4 Å². The summed E-state index contributed by atoms with van der Waals surface area (Å²) in [7, 11) is 4.48. The van der Waals surface area contributed by atoms with Crippen LogP contribution in [0, 0.1) is 0 Å². The van der Waals surface area contributed by atoms with Crippen molar-refractivity contribution in [2.75, 3.05) is 27.9 Å². The Balaban J connectivity index is 1.42. The van der Waals surface area contributed by atoms with Crippen LogP contribution in [-0.4, -0.2) is 37.5 Å². The van der Waals surface area contributed by atoms with Crippen molar-refractivity contribution in [2.24, 2.45) is 0 Å². The molecule has 8 nitrogen and oxygen atoms in total. The minimum atomic E-state index is -0.258. The van der Waals surface area contributed by atoms with Crippen LogP contribution >= 0.6 is 0 Å². The summed E-state index contributed by atoms with van der Waals surface area (Å²) in [5, 5.41) is 0.282. The van der Waals surface area contributed by atoms with E-state index in [1.807, 2.05) is 48.8 Å². The van der Waals surface area contributed by atoms with E-state index in [9.17, 15) is 4.79 Å². The number of ether oxygens (including phenoxy) is 4. The quantitative estimate of drug-likeness (QED) is 0.261. The average molecular weight is 487 g/mol. The van der Waals surface area contributed by atoms with Crippen molar-refractivity contribution in [2.45, 2.75) is 13.0 Å². The zero-order chi connectivity index (χ0) is 25.1. The second-order valence-electron chi connectivity index (χ2n) is 8.12. The zero-order valence-electron chi connectivity index (χ0n) is 20.3. The molecule has 0 aliphatic rings. The number of methoxy groups -OCH3 is 3. The predicted molar refractivity (Wildman–Crippen MR) is 137 cm³/mol. The van der Waals surface area contributed by atoms with Crippen LogP contribution in [0.4, 0.5) is 0 Å². The first-order valence-corrected chi connectivity index (χ1v) is 11.5. The number of aromatic nitrogens is 2. The van der Waals surface area contributed by atoms with Crippen molar-refractivity contribution in [3.8, 4) is 34.3 Å². The van der Waals surface area contributed by atoms with Gasteiger partial charge >= 0.3 is 0 Å². The molecule has 2 heterocycles. The van der Waals surface area contributed by atoms with E-state index in [4.69, 9.17) is 23.4 Å². The lowest BCUT2D eigenvalue weighted by molar-refractivity contribution is 0.303. The average Bonchev–Trinajstić information content (AvgIpc) is 3.33. The van der Waals surface area contributed by atoms with Crippen LogP contribution in [-0.2, 0) is 6.54 Å². The highest BCUT2D eigenvalue weighted by molar-refractivity contribution is 5.90. The van der Waals surface area contributed by atoms with E-state index in [0.717, 1.165) is 24.0 Å². The Hall–Kier alpha value is -4.46. The molecule has 0 N–H and O–H groups in total. The van der Waals surface area contributed by atoms with Crippen molar-refractivity contribution in [3.63, 3.8) is 0 Å². The molecule has 5 rings (SSSR count). The molecule has 0 atom stereocenters. The van der Waals surface area contributed by atoms with Crippen molar-refractivity contribution in [1.82, 2.24) is 9.55 Å². The molecule has 0 aliphatic carbocycles. The minimum Gasteiger partial charge on any atom is -0.493 e. The third-order valence-corrected chi connectivity index (χ3v) is 6.00. The Morgan fingerprint density at radius 2 is 1.67 bits per heavy atom. The molecule has 0 unspecified atom stereocenters. The van der Waals surface area contributed by atoms with E-state index in [2.05, 4.69) is 15.6 Å². The molecule has 0 amide bonds. The summed E-state index contributed by atoms with van der Waals surface area (Å²) < 4.78 is 30.7. The summed E-state index contributed by atoms with van der Waals surface area (Å²) in [5.74, 6) is 2.02. The Labute approximate surface area is 207 Å². The standard InChI is InChI=1S/C28H26N2O6/c1-32-25-16-24-26(28(34-3)27(25)33-2)21(31)15-23(36-24)18-9-4-7-12-22(18)35-14-8-13-30-17-29-19-10-5-6-11-20(19)30/h4-7,9-12,15-17H,8,13-14H2,1-3H3. The molecule has 36 heavy (non-hydrogen) atoms. The molecule has 0 radical (unpaired) electrons. The molecule has 0 spiro atoms. The topological polar surface area (TPSA) is 85.0 Å². The normalized spacial score (nSPS) is 11.1. The molecule has 5 aromatic rings. The lowest BCUT2D eigenvalue weighted by atomic mass is 10.1. The van der Waals surface area contributed by atoms with Gasteiger partial charge < -0.3 is 27.9 Å². The molecule has 0 saturated heterocycles. The highest BCUT2D eigenvalue weighted by Gasteiger charge is 2.21. The number of hydrogen-bond acceptors (Lipinski definition) is 7. The second-order valence-corrected chi connectivity index (χ2v) is 8.12. The summed E-state index contributed by atoms with van der Waals surface area (Å²) in [4.78, 5) is 17.6. The van der Waals surface area contributed by atoms with Crippen LogP contribution in [0.3, 0.4) is 0 Å². The van der Waals surface area contributed by atoms with Gasteiger partial charge in [-0.25, -0.2) is 4.98 Å². The summed E-state index contributed by atoms with van der Waals surface area (Å²) in [5.41, 5.74) is 2.82. The van der Waals surface area contributed by atoms with E-state index in [-0.39, 0.29) is 16.6 Å². The third kappa shape index (κ3) is 4.22. The Bertz CT molecular complexity index is 1590. The molecular formula is C28H26N2O6. The number of nitrogens with zero attached hydrogens (tertiary/aromatic N) is 2. The lowest BCUT2D eigenvalue weighted by Crippen LogP contribution is -2.06. The van der Waals surface area contributed by atoms with Crippen molar-refractivity contribution in [3.05, 3.63) is 77.2 Å². The maximum absolute atomic E-state index is 13.1. The van der Waals surface area contributed by atoms with Crippen molar-refractivity contribution < 1.29 is 23.4 Å². The summed E-state index contributed by atoms with van der Waals surface area (Å²) in [6.07, 6.45) is 2.63. The van der Waals surface area contributed by atoms with Gasteiger partial charge in [-0.2, -0.15) is 0 Å². The van der Waals surface area contributed by atoms with Gasteiger partial charge in [-0.05, 0) is 30.7 Å². The van der Waals surface area contributed by atoms with Gasteiger partial charge in [0.15, 0.2) is 16.9 Å². The molecule has 3 aromatic carbocycles. The number of para-hydroxylation sites is 3. The number of imidazole rings is 1. The van der Waals surface area contributed by atoms with Gasteiger partial charge in [0.25, 0.3) is 0 Å². The third-order valence-electron chi connectivity index (χ3n) is 6.00. The van der Waals surface area contributed by atoms with Gasteiger partial charge in [0.05, 0.1) is 50.9 Å². The lowest BCUT2D eigenvalue weighted by Gasteiger charge is -2.15. The maximum atomic E-state index is 13.1. The number of aryl methyl sites for hydroxylation is 1. The van der Waals surface area contributed by atoms with E-state index in [0.29, 0.717) is 40.8 Å². The molecule has 0 bridgehead atoms. The van der Waals surface area contributed by atoms with Crippen molar-refractivity contribution >= 4 is 22.0 Å². The largest absolute Gasteiger partial charge is 0.493 e. The fourth-order valence-electron chi connectivity index (χ4n) is 4.32. The highest BCUT2D eigenvalue weighted by Crippen LogP contribution is 2.43. The van der Waals surface area contributed by atoms with E-state index < -0.39 is 0 Å². The highest BCUT2D eigenvalue weighted by atomic mass is 16.5. The Morgan fingerprint density at radius 1 is 0.889 bits per heavy atom. The maximum Gasteiger partial charge on any atom is 0.204 e. The number of rotatable bonds is 9. The molecule has 0 aliphatic heterocycles. The molecular weight excluding hydrogens is 460 g/mol. The van der Waals surface area contributed by atoms with Gasteiger partial charge in [-0.15, -0.1) is 0 Å². The summed E-state index contributed by atoms with van der Waals surface area (Å²) in [6, 6.07) is 18.6. The zero-order valence-corrected chi connectivity index (χ0v) is 20.3. The van der Waals surface area contributed by atoms with Gasteiger partial charge in [0.1, 0.15) is 22.5 Å². The predicted octanol–water partition coefficient (Wildman–Crippen LogP) is 5.30. The van der Waals surface area contributed by atoms with E-state index >= 15 is 0 Å². The number of hydrogen-bond donors (Lipinski definition) is 0. The Morgan fingerprint density at radius 3 is 2.47 bits per heavy atom. The first kappa shape index (κ1) is 23.3. The Kier molecular flexibility index (Phi) is 6.49. The molecule has 2 aromatic heterocycles. The fraction of sp³-hybridized carbons (Fsp3) is 0.214. The minimum absolute atomic E-state index is 0.258. The second kappa shape index (κ2) is 10.0. The smallest absolute Gasteiger partial charge is 0.204 e. The SMILES string of the molecule is COc1cc2oc(-c3ccccc3OCCCn3cnc4ccccc43)cc(=O)c2c(OC)c1OC. The fourth-order valence-corrected chi connectivity index (χ4v) is 4.32. The van der Waals surface area contributed by atoms with E-state index in [1.165, 1.54) is 27.4 Å². The first-order chi connectivity index (χ1) is 17.6. The van der Waals surface area contributed by atoms with Crippen LogP contribution in [0.2, 0.25) is 0 Å². The molecule has 0 saturated carbocycles.